The summed E-state index contributed by atoms with van der Waals surface area (Å²) in [5.41, 5.74) is 4.26. The number of hydrogen-bond donors (Lipinski definition) is 2. The number of fused-ring (bicyclic) bond motifs is 1. The topological polar surface area (TPSA) is 62.3 Å². The maximum Gasteiger partial charge on any atom is 0.137 e. The molecule has 1 saturated carbocycles. The van der Waals surface area contributed by atoms with E-state index in [0.29, 0.717) is 12.0 Å². The lowest BCUT2D eigenvalue weighted by atomic mass is 9.82. The molecule has 0 saturated heterocycles. The Kier molecular flexibility index (Phi) is 9.38. The van der Waals surface area contributed by atoms with Gasteiger partial charge in [-0.1, -0.05) is 20.4 Å². The van der Waals surface area contributed by atoms with Crippen LogP contribution in [0.3, 0.4) is 0 Å². The fraction of sp³-hybridized carbons (Fsp3) is 0.565. The van der Waals surface area contributed by atoms with E-state index in [0.717, 1.165) is 41.9 Å². The number of aromatic amines is 1. The lowest BCUT2D eigenvalue weighted by molar-refractivity contribution is 0.144. The third kappa shape index (κ3) is 5.76. The Morgan fingerprint density at radius 2 is 2.11 bits per heavy atom. The molecule has 2 heterocycles. The third-order valence-corrected chi connectivity index (χ3v) is 5.27. The maximum absolute atomic E-state index is 5.41. The number of ether oxygens (including phenoxy) is 1. The van der Waals surface area contributed by atoms with Crippen molar-refractivity contribution in [3.63, 3.8) is 0 Å². The molecule has 2 aromatic heterocycles. The zero-order chi connectivity index (χ0) is 20.4. The minimum absolute atomic E-state index is 0.590. The predicted octanol–water partition coefficient (Wildman–Crippen LogP) is 4.96. The molecule has 0 unspecified atom stereocenters. The van der Waals surface area contributed by atoms with Crippen LogP contribution in [0.2, 0.25) is 0 Å². The summed E-state index contributed by atoms with van der Waals surface area (Å²) in [6.45, 7) is 12.7. The van der Waals surface area contributed by atoms with Gasteiger partial charge in [0.15, 0.2) is 0 Å². The molecule has 5 heteroatoms. The number of hydrogen-bond acceptors (Lipinski definition) is 4. The zero-order valence-corrected chi connectivity index (χ0v) is 17.9. The Labute approximate surface area is 169 Å². The van der Waals surface area contributed by atoms with E-state index >= 15 is 0 Å². The zero-order valence-electron chi connectivity index (χ0n) is 17.9. The molecule has 1 fully saturated rings. The van der Waals surface area contributed by atoms with Crippen LogP contribution in [-0.2, 0) is 4.74 Å². The Hall–Kier alpha value is -1.98. The number of H-pyrrole nitrogens is 1. The maximum atomic E-state index is 5.41. The summed E-state index contributed by atoms with van der Waals surface area (Å²) in [5, 5.41) is 4.76. The average Bonchev–Trinajstić information content (AvgIpc) is 3.17. The van der Waals surface area contributed by atoms with Crippen molar-refractivity contribution >= 4 is 22.8 Å². The lowest BCUT2D eigenvalue weighted by Crippen LogP contribution is -2.35. The van der Waals surface area contributed by atoms with Crippen molar-refractivity contribution in [2.45, 2.75) is 58.4 Å². The fourth-order valence-corrected chi connectivity index (χ4v) is 3.84. The van der Waals surface area contributed by atoms with Gasteiger partial charge in [0.1, 0.15) is 5.65 Å². The van der Waals surface area contributed by atoms with E-state index < -0.39 is 0 Å². The van der Waals surface area contributed by atoms with Crippen LogP contribution in [0.15, 0.2) is 30.0 Å². The standard InChI is InChI=1S/C21H30N4O.C2H6/c1-4-26-10-9-23-18-7-5-16(6-8-18)17-11-19-20(15(2)12-22-3)14-25-21(19)24-13-17;1-2/h11-14,16,18,23H,2,4-10H2,1,3H3,(H,24,25);1-2H3. The highest BCUT2D eigenvalue weighted by Crippen LogP contribution is 2.34. The summed E-state index contributed by atoms with van der Waals surface area (Å²) >= 11 is 0. The summed E-state index contributed by atoms with van der Waals surface area (Å²) < 4.78 is 5.41. The molecule has 28 heavy (non-hydrogen) atoms. The highest BCUT2D eigenvalue weighted by Gasteiger charge is 2.23. The molecule has 0 spiro atoms. The molecule has 2 aromatic rings. The van der Waals surface area contributed by atoms with Crippen molar-refractivity contribution in [3.05, 3.63) is 36.2 Å². The molecule has 0 aliphatic heterocycles. The van der Waals surface area contributed by atoms with Gasteiger partial charge in [0.05, 0.1) is 6.61 Å². The molecule has 0 aromatic carbocycles. The van der Waals surface area contributed by atoms with Crippen molar-refractivity contribution in [1.29, 1.82) is 0 Å². The molecule has 0 bridgehead atoms. The molecule has 1 aliphatic carbocycles. The minimum atomic E-state index is 0.590. The SMILES string of the molecule is C=C(C=NC)c1c[nH]c2ncc(C3CCC(NCCOCC)CC3)cc12.CC. The van der Waals surface area contributed by atoms with Gasteiger partial charge in [-0.2, -0.15) is 0 Å². The number of pyridine rings is 1. The number of aromatic nitrogens is 2. The molecular weight excluding hydrogens is 348 g/mol. The fourth-order valence-electron chi connectivity index (χ4n) is 3.84. The highest BCUT2D eigenvalue weighted by atomic mass is 16.5. The minimum Gasteiger partial charge on any atom is -0.380 e. The van der Waals surface area contributed by atoms with E-state index in [1.165, 1.54) is 31.2 Å². The summed E-state index contributed by atoms with van der Waals surface area (Å²) in [6, 6.07) is 2.91. The van der Waals surface area contributed by atoms with Gasteiger partial charge >= 0.3 is 0 Å². The first-order chi connectivity index (χ1) is 13.7. The van der Waals surface area contributed by atoms with Crippen LogP contribution in [0.25, 0.3) is 16.6 Å². The quantitative estimate of drug-likeness (QED) is 0.500. The van der Waals surface area contributed by atoms with Gasteiger partial charge in [0.25, 0.3) is 0 Å². The van der Waals surface area contributed by atoms with Gasteiger partial charge in [-0.25, -0.2) is 4.98 Å². The van der Waals surface area contributed by atoms with E-state index in [1.807, 2.05) is 33.2 Å². The Morgan fingerprint density at radius 1 is 1.36 bits per heavy atom. The molecule has 0 amide bonds. The van der Waals surface area contributed by atoms with Gasteiger partial charge in [-0.15, -0.1) is 0 Å². The van der Waals surface area contributed by atoms with Gasteiger partial charge in [0.2, 0.25) is 0 Å². The number of aliphatic imine (C=N–C) groups is 1. The molecule has 5 nitrogen and oxygen atoms in total. The first-order valence-corrected chi connectivity index (χ1v) is 10.6. The molecular formula is C23H36N4O. The van der Waals surface area contributed by atoms with Crippen LogP contribution in [-0.4, -0.2) is 49.0 Å². The van der Waals surface area contributed by atoms with Crippen LogP contribution >= 0.6 is 0 Å². The van der Waals surface area contributed by atoms with Crippen molar-refractivity contribution in [1.82, 2.24) is 15.3 Å². The van der Waals surface area contributed by atoms with E-state index in [2.05, 4.69) is 32.9 Å². The van der Waals surface area contributed by atoms with Crippen molar-refractivity contribution in [2.75, 3.05) is 26.8 Å². The second kappa shape index (κ2) is 11.8. The summed E-state index contributed by atoms with van der Waals surface area (Å²) in [7, 11) is 1.77. The number of nitrogens with one attached hydrogen (secondary N) is 2. The molecule has 0 atom stereocenters. The molecule has 154 valence electrons. The Balaban J connectivity index is 0.00000136. The monoisotopic (exact) mass is 384 g/mol. The first-order valence-electron chi connectivity index (χ1n) is 10.6. The average molecular weight is 385 g/mol. The molecule has 2 N–H and O–H groups in total. The van der Waals surface area contributed by atoms with Gasteiger partial charge in [-0.3, -0.25) is 4.99 Å². The predicted molar refractivity (Wildman–Crippen MR) is 120 cm³/mol. The summed E-state index contributed by atoms with van der Waals surface area (Å²) in [4.78, 5) is 12.0. The largest absolute Gasteiger partial charge is 0.380 e. The van der Waals surface area contributed by atoms with Crippen LogP contribution in [0.5, 0.6) is 0 Å². The second-order valence-electron chi connectivity index (χ2n) is 6.98. The number of allylic oxidation sites excluding steroid dienone is 1. The Morgan fingerprint density at radius 3 is 2.79 bits per heavy atom. The van der Waals surface area contributed by atoms with Gasteiger partial charge in [-0.05, 0) is 55.7 Å². The molecule has 3 rings (SSSR count). The number of nitrogens with zero attached hydrogens (tertiary/aromatic N) is 2. The van der Waals surface area contributed by atoms with E-state index in [-0.39, 0.29) is 0 Å². The smallest absolute Gasteiger partial charge is 0.137 e. The summed E-state index contributed by atoms with van der Waals surface area (Å²) in [5.74, 6) is 0.590. The highest BCUT2D eigenvalue weighted by molar-refractivity contribution is 6.13. The van der Waals surface area contributed by atoms with Gasteiger partial charge < -0.3 is 15.0 Å². The van der Waals surface area contributed by atoms with E-state index in [4.69, 9.17) is 4.74 Å². The van der Waals surface area contributed by atoms with Gasteiger partial charge in [0, 0.05) is 55.8 Å². The second-order valence-corrected chi connectivity index (χ2v) is 6.98. The first kappa shape index (κ1) is 22.3. The lowest BCUT2D eigenvalue weighted by Gasteiger charge is -2.29. The van der Waals surface area contributed by atoms with Crippen LogP contribution in [0, 0.1) is 0 Å². The molecule has 0 radical (unpaired) electrons. The molecule has 1 aliphatic rings. The van der Waals surface area contributed by atoms with Crippen LogP contribution < -0.4 is 5.32 Å². The van der Waals surface area contributed by atoms with E-state index in [1.54, 1.807) is 13.3 Å². The third-order valence-electron chi connectivity index (χ3n) is 5.27. The summed E-state index contributed by atoms with van der Waals surface area (Å²) in [6.07, 6.45) is 10.6. The van der Waals surface area contributed by atoms with Crippen molar-refractivity contribution in [3.8, 4) is 0 Å². The van der Waals surface area contributed by atoms with Crippen molar-refractivity contribution < 1.29 is 4.74 Å². The van der Waals surface area contributed by atoms with Crippen LogP contribution in [0.1, 0.15) is 63.5 Å². The Bertz CT molecular complexity index is 757. The van der Waals surface area contributed by atoms with E-state index in [9.17, 15) is 0 Å². The number of rotatable bonds is 8. The van der Waals surface area contributed by atoms with Crippen molar-refractivity contribution in [2.24, 2.45) is 4.99 Å². The van der Waals surface area contributed by atoms with Crippen LogP contribution in [0.4, 0.5) is 0 Å². The normalized spacial score (nSPS) is 19.6.